The highest BCUT2D eigenvalue weighted by molar-refractivity contribution is 7.99. The summed E-state index contributed by atoms with van der Waals surface area (Å²) in [6.45, 7) is 1.89. The number of carbonyl (C=O) groups is 4. The standard InChI is InChI=1S/C20H27FN6O2S.2C2HF3O2/c21-18-4-2-1-3-15(18)10-24-19(28)11-25-7-5-16(6-8-25)27(23)12-20(29)26-14-30-13-17(26)9-22;2*3-2(4,5)1(6)7/h1-4,16-17H,5-8,10-14,23H2,(H,24,28);2*(H,6,7). The van der Waals surface area contributed by atoms with Gasteiger partial charge in [0.25, 0.3) is 0 Å². The Bertz CT molecular complexity index is 1150. The first kappa shape index (κ1) is 38.4. The zero-order valence-electron chi connectivity index (χ0n) is 22.8. The summed E-state index contributed by atoms with van der Waals surface area (Å²) in [5.41, 5.74) is 0.461. The number of carboxylic acids is 2. The lowest BCUT2D eigenvalue weighted by molar-refractivity contribution is -0.193. The van der Waals surface area contributed by atoms with Crippen molar-refractivity contribution in [3.05, 3.63) is 35.6 Å². The van der Waals surface area contributed by atoms with E-state index in [1.807, 2.05) is 4.90 Å². The molecule has 20 heteroatoms. The van der Waals surface area contributed by atoms with Crippen molar-refractivity contribution in [2.24, 2.45) is 5.84 Å². The average Bonchev–Trinajstić information content (AvgIpc) is 3.42. The maximum atomic E-state index is 13.6. The summed E-state index contributed by atoms with van der Waals surface area (Å²) in [6, 6.07) is 8.22. The lowest BCUT2D eigenvalue weighted by Crippen LogP contribution is -2.53. The van der Waals surface area contributed by atoms with Gasteiger partial charge in [-0.1, -0.05) is 18.2 Å². The number of nitrogens with one attached hydrogen (secondary N) is 1. The molecular formula is C24H29F7N6O6S. The number of carbonyl (C=O) groups excluding carboxylic acids is 2. The molecule has 1 aromatic rings. The Labute approximate surface area is 250 Å². The van der Waals surface area contributed by atoms with Gasteiger partial charge in [-0.25, -0.2) is 19.0 Å². The molecular weight excluding hydrogens is 633 g/mol. The Hall–Kier alpha value is -3.67. The van der Waals surface area contributed by atoms with Gasteiger partial charge >= 0.3 is 24.3 Å². The van der Waals surface area contributed by atoms with Crippen LogP contribution >= 0.6 is 11.8 Å². The predicted molar refractivity (Wildman–Crippen MR) is 140 cm³/mol. The largest absolute Gasteiger partial charge is 0.490 e. The number of hydrazine groups is 1. The molecule has 2 saturated heterocycles. The first-order chi connectivity index (χ1) is 20.4. The van der Waals surface area contributed by atoms with E-state index in [9.17, 15) is 40.3 Å². The van der Waals surface area contributed by atoms with Crippen molar-refractivity contribution in [2.75, 3.05) is 37.8 Å². The first-order valence-corrected chi connectivity index (χ1v) is 13.6. The molecule has 1 aromatic carbocycles. The van der Waals surface area contributed by atoms with E-state index in [4.69, 9.17) is 30.9 Å². The molecule has 0 aliphatic carbocycles. The van der Waals surface area contributed by atoms with Gasteiger partial charge < -0.3 is 20.4 Å². The number of rotatable bonds is 7. The summed E-state index contributed by atoms with van der Waals surface area (Å²) in [5, 5.41) is 27.7. The molecule has 0 radical (unpaired) electrons. The van der Waals surface area contributed by atoms with Gasteiger partial charge in [-0.05, 0) is 18.9 Å². The van der Waals surface area contributed by atoms with Crippen molar-refractivity contribution < 1.29 is 60.1 Å². The Balaban J connectivity index is 0.000000574. The van der Waals surface area contributed by atoms with E-state index in [0.717, 1.165) is 12.8 Å². The fraction of sp³-hybridized carbons (Fsp3) is 0.542. The van der Waals surface area contributed by atoms with Gasteiger partial charge in [-0.15, -0.1) is 11.8 Å². The second-order valence-electron chi connectivity index (χ2n) is 9.16. The molecule has 0 saturated carbocycles. The molecule has 2 fully saturated rings. The lowest BCUT2D eigenvalue weighted by atomic mass is 10.0. The fourth-order valence-electron chi connectivity index (χ4n) is 3.68. The highest BCUT2D eigenvalue weighted by Gasteiger charge is 2.39. The zero-order valence-corrected chi connectivity index (χ0v) is 23.6. The van der Waals surface area contributed by atoms with Crippen LogP contribution in [0.2, 0.25) is 0 Å². The monoisotopic (exact) mass is 662 g/mol. The summed E-state index contributed by atoms with van der Waals surface area (Å²) in [5.74, 6) is 1.20. The Morgan fingerprint density at radius 1 is 1.05 bits per heavy atom. The van der Waals surface area contributed by atoms with Gasteiger partial charge in [0.2, 0.25) is 11.8 Å². The SMILES string of the molecule is N#CC1CSCN1C(=O)CN(N)C1CCN(CC(=O)NCc2ccccc2F)CC1.O=C(O)C(F)(F)F.O=C(O)C(F)(F)F. The van der Waals surface area contributed by atoms with Gasteiger partial charge in [0.1, 0.15) is 11.9 Å². The number of thioether (sulfide) groups is 1. The minimum Gasteiger partial charge on any atom is -0.475 e. The van der Waals surface area contributed by atoms with Crippen molar-refractivity contribution in [3.63, 3.8) is 0 Å². The third-order valence-electron chi connectivity index (χ3n) is 5.98. The van der Waals surface area contributed by atoms with Gasteiger partial charge in [0, 0.05) is 37.0 Å². The highest BCUT2D eigenvalue weighted by Crippen LogP contribution is 2.21. The number of aliphatic carboxylic acids is 2. The van der Waals surface area contributed by atoms with Gasteiger partial charge in [0.05, 0.1) is 25.0 Å². The van der Waals surface area contributed by atoms with E-state index >= 15 is 0 Å². The Morgan fingerprint density at radius 2 is 1.57 bits per heavy atom. The maximum Gasteiger partial charge on any atom is 0.490 e. The van der Waals surface area contributed by atoms with Crippen LogP contribution < -0.4 is 11.2 Å². The van der Waals surface area contributed by atoms with Crippen LogP contribution in [0.15, 0.2) is 24.3 Å². The third-order valence-corrected chi connectivity index (χ3v) is 6.99. The number of amides is 2. The summed E-state index contributed by atoms with van der Waals surface area (Å²) < 4.78 is 77.1. The number of hydrogen-bond donors (Lipinski definition) is 4. The van der Waals surface area contributed by atoms with E-state index in [2.05, 4.69) is 11.4 Å². The van der Waals surface area contributed by atoms with Crippen LogP contribution in [-0.4, -0.2) is 111 Å². The molecule has 2 aliphatic rings. The number of nitrogens with two attached hydrogens (primary N) is 1. The number of benzene rings is 1. The average molecular weight is 663 g/mol. The molecule has 2 heterocycles. The molecule has 0 bridgehead atoms. The lowest BCUT2D eigenvalue weighted by Gasteiger charge is -2.36. The molecule has 246 valence electrons. The van der Waals surface area contributed by atoms with E-state index in [1.54, 1.807) is 39.9 Å². The minimum atomic E-state index is -5.08. The van der Waals surface area contributed by atoms with E-state index < -0.39 is 24.3 Å². The van der Waals surface area contributed by atoms with Gasteiger partial charge in [-0.3, -0.25) is 20.3 Å². The van der Waals surface area contributed by atoms with Gasteiger partial charge in [-0.2, -0.15) is 31.6 Å². The number of alkyl halides is 6. The second-order valence-corrected chi connectivity index (χ2v) is 10.2. The number of likely N-dealkylation sites (tertiary alicyclic amines) is 1. The van der Waals surface area contributed by atoms with Crippen molar-refractivity contribution in [1.29, 1.82) is 5.26 Å². The quantitative estimate of drug-likeness (QED) is 0.190. The maximum absolute atomic E-state index is 13.6. The van der Waals surface area contributed by atoms with Crippen LogP contribution in [0.4, 0.5) is 30.7 Å². The Kier molecular flexibility index (Phi) is 15.3. The smallest absolute Gasteiger partial charge is 0.475 e. The van der Waals surface area contributed by atoms with E-state index in [1.165, 1.54) is 6.07 Å². The number of nitriles is 1. The van der Waals surface area contributed by atoms with E-state index in [0.29, 0.717) is 30.3 Å². The third kappa shape index (κ3) is 13.7. The highest BCUT2D eigenvalue weighted by atomic mass is 32.2. The van der Waals surface area contributed by atoms with Crippen molar-refractivity contribution in [3.8, 4) is 6.07 Å². The molecule has 1 atom stereocenters. The van der Waals surface area contributed by atoms with E-state index in [-0.39, 0.29) is 49.3 Å². The number of halogens is 7. The molecule has 12 nitrogen and oxygen atoms in total. The predicted octanol–water partition coefficient (Wildman–Crippen LogP) is 1.77. The molecule has 5 N–H and O–H groups in total. The van der Waals surface area contributed by atoms with Crippen LogP contribution in [0, 0.1) is 17.1 Å². The molecule has 2 amide bonds. The molecule has 0 aromatic heterocycles. The van der Waals surface area contributed by atoms with Crippen LogP contribution in [-0.2, 0) is 25.7 Å². The number of nitrogens with zero attached hydrogens (tertiary/aromatic N) is 4. The molecule has 1 unspecified atom stereocenters. The molecule has 2 aliphatic heterocycles. The van der Waals surface area contributed by atoms with Crippen molar-refractivity contribution in [1.82, 2.24) is 20.1 Å². The molecule has 0 spiro atoms. The molecule has 3 rings (SSSR count). The topological polar surface area (TPSA) is 180 Å². The summed E-state index contributed by atoms with van der Waals surface area (Å²) in [4.78, 5) is 46.0. The Morgan fingerprint density at radius 3 is 2.05 bits per heavy atom. The van der Waals surface area contributed by atoms with Crippen LogP contribution in [0.5, 0.6) is 0 Å². The van der Waals surface area contributed by atoms with Crippen LogP contribution in [0.25, 0.3) is 0 Å². The minimum absolute atomic E-state index is 0.0578. The fourth-order valence-corrected chi connectivity index (χ4v) is 4.78. The summed E-state index contributed by atoms with van der Waals surface area (Å²) in [6.07, 6.45) is -8.67. The normalized spacial score (nSPS) is 17.5. The van der Waals surface area contributed by atoms with Crippen molar-refractivity contribution in [2.45, 2.75) is 43.8 Å². The first-order valence-electron chi connectivity index (χ1n) is 12.5. The van der Waals surface area contributed by atoms with Crippen LogP contribution in [0.1, 0.15) is 18.4 Å². The number of carboxylic acid groups (broad SMARTS) is 2. The molecule has 44 heavy (non-hydrogen) atoms. The summed E-state index contributed by atoms with van der Waals surface area (Å²) >= 11 is 1.57. The zero-order chi connectivity index (χ0) is 33.7. The van der Waals surface area contributed by atoms with Crippen LogP contribution in [0.3, 0.4) is 0 Å². The summed E-state index contributed by atoms with van der Waals surface area (Å²) in [7, 11) is 0. The van der Waals surface area contributed by atoms with Gasteiger partial charge in [0.15, 0.2) is 0 Å². The van der Waals surface area contributed by atoms with Crippen molar-refractivity contribution >= 4 is 35.5 Å². The number of piperidine rings is 1. The number of hydrogen-bond acceptors (Lipinski definition) is 9. The second kappa shape index (κ2) is 17.6.